The van der Waals surface area contributed by atoms with Crippen molar-refractivity contribution in [1.82, 2.24) is 0 Å². The molecule has 0 aromatic rings. The van der Waals surface area contributed by atoms with E-state index in [0.29, 0.717) is 0 Å². The third-order valence-corrected chi connectivity index (χ3v) is 1.46. The van der Waals surface area contributed by atoms with Crippen LogP contribution in [0.2, 0.25) is 0 Å². The fraction of sp³-hybridized carbons (Fsp3) is 1.00. The minimum atomic E-state index is -2.86. The molecule has 0 aromatic carbocycles. The van der Waals surface area contributed by atoms with Gasteiger partial charge >= 0.3 is 0 Å². The standard InChI is InChI=1S/C8H18.H2O3S/c1-3-5-7-8-6-4-2;1-4(2)3/h3-8H2,1-2H3;(H2,1,2,3)/p-1. The minimum Gasteiger partial charge on any atom is -0.750 e. The van der Waals surface area contributed by atoms with Crippen LogP contribution < -0.4 is 0 Å². The first-order valence-electron chi connectivity index (χ1n) is 4.43. The van der Waals surface area contributed by atoms with E-state index in [0.717, 1.165) is 0 Å². The molecule has 0 fully saturated rings. The summed E-state index contributed by atoms with van der Waals surface area (Å²) in [6.45, 7) is 4.51. The molecule has 0 aliphatic rings. The molecule has 76 valence electrons. The van der Waals surface area contributed by atoms with Crippen molar-refractivity contribution < 1.29 is 13.3 Å². The summed E-state index contributed by atoms with van der Waals surface area (Å²) in [5.41, 5.74) is 0. The van der Waals surface area contributed by atoms with Gasteiger partial charge in [-0.2, -0.15) is 0 Å². The lowest BCUT2D eigenvalue weighted by Crippen LogP contribution is -1.75. The van der Waals surface area contributed by atoms with Gasteiger partial charge in [0.2, 0.25) is 0 Å². The first-order chi connectivity index (χ1) is 5.65. The summed E-state index contributed by atoms with van der Waals surface area (Å²) in [5.74, 6) is 0. The van der Waals surface area contributed by atoms with Crippen LogP contribution in [0.25, 0.3) is 0 Å². The Morgan fingerprint density at radius 3 is 1.50 bits per heavy atom. The molecule has 0 saturated heterocycles. The first kappa shape index (κ1) is 14.6. The van der Waals surface area contributed by atoms with Gasteiger partial charge in [-0.15, -0.1) is 0 Å². The molecular formula is C8H19O3S-. The van der Waals surface area contributed by atoms with E-state index in [1.165, 1.54) is 38.5 Å². The van der Waals surface area contributed by atoms with Gasteiger partial charge in [-0.25, -0.2) is 4.21 Å². The molecule has 4 heteroatoms. The van der Waals surface area contributed by atoms with Gasteiger partial charge in [-0.05, 0) is 0 Å². The summed E-state index contributed by atoms with van der Waals surface area (Å²) in [6, 6.07) is 0. The van der Waals surface area contributed by atoms with E-state index >= 15 is 0 Å². The van der Waals surface area contributed by atoms with Gasteiger partial charge in [0, 0.05) is 0 Å². The van der Waals surface area contributed by atoms with Gasteiger partial charge in [0.15, 0.2) is 0 Å². The van der Waals surface area contributed by atoms with Crippen LogP contribution >= 0.6 is 0 Å². The highest BCUT2D eigenvalue weighted by Gasteiger charge is 1.83. The molecule has 0 aliphatic heterocycles. The average molecular weight is 195 g/mol. The molecule has 0 saturated carbocycles. The predicted molar refractivity (Wildman–Crippen MR) is 50.6 cm³/mol. The quantitative estimate of drug-likeness (QED) is 0.542. The largest absolute Gasteiger partial charge is 0.750 e. The van der Waals surface area contributed by atoms with Crippen LogP contribution in [0.15, 0.2) is 0 Å². The van der Waals surface area contributed by atoms with E-state index in [4.69, 9.17) is 13.3 Å². The first-order valence-corrected chi connectivity index (χ1v) is 5.46. The summed E-state index contributed by atoms with van der Waals surface area (Å²) in [7, 11) is 0. The third kappa shape index (κ3) is 32.2. The minimum absolute atomic E-state index is 1.36. The Hall–Kier alpha value is 0.0700. The lowest BCUT2D eigenvalue weighted by atomic mass is 10.1. The van der Waals surface area contributed by atoms with Gasteiger partial charge in [0.25, 0.3) is 0 Å². The van der Waals surface area contributed by atoms with Crippen LogP contribution in [0.4, 0.5) is 0 Å². The Morgan fingerprint density at radius 1 is 1.08 bits per heavy atom. The number of hydrogen-bond donors (Lipinski definition) is 1. The highest BCUT2D eigenvalue weighted by molar-refractivity contribution is 7.73. The summed E-state index contributed by atoms with van der Waals surface area (Å²) in [4.78, 5) is 0. The van der Waals surface area contributed by atoms with Crippen LogP contribution in [-0.4, -0.2) is 13.3 Å². The van der Waals surface area contributed by atoms with E-state index in [2.05, 4.69) is 13.8 Å². The lowest BCUT2D eigenvalue weighted by molar-refractivity contribution is 0.436. The van der Waals surface area contributed by atoms with Crippen LogP contribution in [0.1, 0.15) is 52.4 Å². The molecular weight excluding hydrogens is 176 g/mol. The molecule has 0 rings (SSSR count). The average Bonchev–Trinajstić information content (AvgIpc) is 1.97. The van der Waals surface area contributed by atoms with Gasteiger partial charge in [0.05, 0.1) is 11.4 Å². The van der Waals surface area contributed by atoms with E-state index in [1.54, 1.807) is 0 Å². The summed E-state index contributed by atoms with van der Waals surface area (Å²) < 4.78 is 24.1. The molecule has 0 aliphatic carbocycles. The molecule has 1 unspecified atom stereocenters. The Bertz CT molecular complexity index is 86.3. The normalized spacial score (nSPS) is 11.7. The second-order valence-corrected chi connectivity index (χ2v) is 3.07. The Kier molecular flexibility index (Phi) is 16.6. The molecule has 1 atom stereocenters. The zero-order valence-electron chi connectivity index (χ0n) is 7.91. The summed E-state index contributed by atoms with van der Waals surface area (Å²) >= 11 is -2.86. The monoisotopic (exact) mass is 195 g/mol. The molecule has 0 amide bonds. The van der Waals surface area contributed by atoms with Crippen molar-refractivity contribution in [3.05, 3.63) is 0 Å². The van der Waals surface area contributed by atoms with Crippen molar-refractivity contribution in [3.63, 3.8) is 0 Å². The summed E-state index contributed by atoms with van der Waals surface area (Å²) in [5, 5.41) is 0. The molecule has 0 spiro atoms. The zero-order chi connectivity index (χ0) is 9.82. The summed E-state index contributed by atoms with van der Waals surface area (Å²) in [6.07, 6.45) is 8.49. The van der Waals surface area contributed by atoms with Gasteiger partial charge in [0.1, 0.15) is 0 Å². The molecule has 12 heavy (non-hydrogen) atoms. The Labute approximate surface area is 77.7 Å². The van der Waals surface area contributed by atoms with Crippen molar-refractivity contribution in [1.29, 1.82) is 0 Å². The Morgan fingerprint density at radius 2 is 1.33 bits per heavy atom. The second kappa shape index (κ2) is 13.6. The van der Waals surface area contributed by atoms with E-state index in [9.17, 15) is 0 Å². The Balaban J connectivity index is 0. The van der Waals surface area contributed by atoms with Crippen molar-refractivity contribution in [3.8, 4) is 0 Å². The molecule has 0 heterocycles. The van der Waals surface area contributed by atoms with Gasteiger partial charge in [-0.3, -0.25) is 0 Å². The van der Waals surface area contributed by atoms with Crippen molar-refractivity contribution >= 4 is 11.4 Å². The van der Waals surface area contributed by atoms with Crippen molar-refractivity contribution in [2.75, 3.05) is 0 Å². The zero-order valence-corrected chi connectivity index (χ0v) is 8.73. The van der Waals surface area contributed by atoms with E-state index in [1.807, 2.05) is 0 Å². The molecule has 3 nitrogen and oxygen atoms in total. The fourth-order valence-electron chi connectivity index (χ4n) is 0.854. The van der Waals surface area contributed by atoms with Gasteiger partial charge in [-0.1, -0.05) is 52.4 Å². The highest BCUT2D eigenvalue weighted by atomic mass is 32.2. The predicted octanol–water partition coefficient (Wildman–Crippen LogP) is 2.71. The molecule has 0 bridgehead atoms. The maximum absolute atomic E-state index is 8.56. The maximum atomic E-state index is 8.56. The maximum Gasteiger partial charge on any atom is 0.0814 e. The molecule has 0 radical (unpaired) electrons. The smallest absolute Gasteiger partial charge is 0.0814 e. The second-order valence-electron chi connectivity index (χ2n) is 2.63. The SMILES string of the molecule is CCCCCCCC.O=S([O-])O. The van der Waals surface area contributed by atoms with Crippen LogP contribution in [0, 0.1) is 0 Å². The number of hydrogen-bond acceptors (Lipinski definition) is 2. The number of unbranched alkanes of at least 4 members (excludes halogenated alkanes) is 5. The third-order valence-electron chi connectivity index (χ3n) is 1.46. The van der Waals surface area contributed by atoms with Gasteiger partial charge < -0.3 is 9.11 Å². The van der Waals surface area contributed by atoms with Crippen LogP contribution in [0.5, 0.6) is 0 Å². The van der Waals surface area contributed by atoms with Crippen LogP contribution in [0.3, 0.4) is 0 Å². The highest BCUT2D eigenvalue weighted by Crippen LogP contribution is 2.03. The lowest BCUT2D eigenvalue weighted by Gasteiger charge is -1.93. The van der Waals surface area contributed by atoms with Crippen LogP contribution in [-0.2, 0) is 11.4 Å². The van der Waals surface area contributed by atoms with Crippen molar-refractivity contribution in [2.45, 2.75) is 52.4 Å². The van der Waals surface area contributed by atoms with E-state index in [-0.39, 0.29) is 0 Å². The van der Waals surface area contributed by atoms with E-state index < -0.39 is 11.4 Å². The molecule has 0 aromatic heterocycles. The van der Waals surface area contributed by atoms with Crippen molar-refractivity contribution in [2.24, 2.45) is 0 Å². The molecule has 1 N–H and O–H groups in total. The fourth-order valence-corrected chi connectivity index (χ4v) is 0.854. The topological polar surface area (TPSA) is 60.4 Å². The number of rotatable bonds is 5.